The molecule has 0 spiro atoms. The second kappa shape index (κ2) is 7.82. The second-order valence-corrected chi connectivity index (χ2v) is 8.74. The quantitative estimate of drug-likeness (QED) is 0.321. The third kappa shape index (κ3) is 3.51. The van der Waals surface area contributed by atoms with Crippen LogP contribution in [0.4, 0.5) is 0 Å². The van der Waals surface area contributed by atoms with Crippen LogP contribution in [0.3, 0.4) is 0 Å². The number of hydrogen-bond acceptors (Lipinski definition) is 1. The summed E-state index contributed by atoms with van der Waals surface area (Å²) in [5.74, 6) is 0. The summed E-state index contributed by atoms with van der Waals surface area (Å²) in [6.07, 6.45) is 0. The summed E-state index contributed by atoms with van der Waals surface area (Å²) in [7, 11) is -1.84. The first-order valence-electron chi connectivity index (χ1n) is 8.60. The molecule has 132 valence electrons. The molecule has 0 amide bonds. The molecule has 0 radical (unpaired) electrons. The highest BCUT2D eigenvalue weighted by atomic mass is 35.5. The minimum absolute atomic E-state index is 0.423. The molecule has 4 heteroatoms. The summed E-state index contributed by atoms with van der Waals surface area (Å²) in [4.78, 5) is 0. The van der Waals surface area contributed by atoms with Crippen LogP contribution in [0.25, 0.3) is 10.8 Å². The zero-order valence-corrected chi connectivity index (χ0v) is 16.8. The molecular weight excluding hydrogens is 394 g/mol. The van der Waals surface area contributed by atoms with Gasteiger partial charge >= 0.3 is 7.80 Å². The Balaban J connectivity index is 1.95. The first-order valence-corrected chi connectivity index (χ1v) is 10.7. The van der Waals surface area contributed by atoms with E-state index < -0.39 is 13.5 Å². The number of halogens is 2. The van der Waals surface area contributed by atoms with Crippen molar-refractivity contribution in [2.24, 2.45) is 0 Å². The number of rotatable bonds is 4. The molecule has 1 nitrogen and oxygen atoms in total. The molecule has 0 fully saturated rings. The Kier molecular flexibility index (Phi) is 5.27. The summed E-state index contributed by atoms with van der Waals surface area (Å²) in [6, 6.07) is 29.1. The standard InChI is InChI=1S/C23H16Cl2OP/c24-19-13-7-14-20(25)22(19)23(17-9-2-1-3-10-17)27(26)21-15-6-11-16-8-4-5-12-18(16)21/h1-15,23H/q+1. The van der Waals surface area contributed by atoms with Crippen LogP contribution in [-0.2, 0) is 4.57 Å². The van der Waals surface area contributed by atoms with Crippen LogP contribution in [0, 0.1) is 0 Å². The van der Waals surface area contributed by atoms with Crippen LogP contribution < -0.4 is 5.30 Å². The second-order valence-electron chi connectivity index (χ2n) is 6.27. The average molecular weight is 410 g/mol. The SMILES string of the molecule is O=[P+](c1cccc2ccccc12)C(c1ccccc1)c1c(Cl)cccc1Cl. The number of fused-ring (bicyclic) bond motifs is 1. The lowest BCUT2D eigenvalue weighted by Gasteiger charge is -2.13. The van der Waals surface area contributed by atoms with Crippen molar-refractivity contribution in [3.63, 3.8) is 0 Å². The highest BCUT2D eigenvalue weighted by Gasteiger charge is 2.39. The lowest BCUT2D eigenvalue weighted by atomic mass is 10.0. The maximum atomic E-state index is 13.9. The molecule has 0 saturated heterocycles. The van der Waals surface area contributed by atoms with Gasteiger partial charge in [-0.05, 0) is 29.7 Å². The van der Waals surface area contributed by atoms with E-state index in [2.05, 4.69) is 0 Å². The molecule has 0 aromatic heterocycles. The van der Waals surface area contributed by atoms with Gasteiger partial charge in [-0.2, -0.15) is 0 Å². The van der Waals surface area contributed by atoms with Gasteiger partial charge in [0.2, 0.25) is 5.66 Å². The van der Waals surface area contributed by atoms with Crippen LogP contribution in [-0.4, -0.2) is 0 Å². The molecule has 27 heavy (non-hydrogen) atoms. The maximum Gasteiger partial charge on any atom is 0.390 e. The van der Waals surface area contributed by atoms with Crippen molar-refractivity contribution < 1.29 is 4.57 Å². The molecule has 0 aliphatic heterocycles. The van der Waals surface area contributed by atoms with Crippen molar-refractivity contribution in [2.45, 2.75) is 5.66 Å². The molecule has 4 aromatic carbocycles. The third-order valence-corrected chi connectivity index (χ3v) is 7.18. The summed E-state index contributed by atoms with van der Waals surface area (Å²) in [5, 5.41) is 3.92. The van der Waals surface area contributed by atoms with E-state index in [9.17, 15) is 4.57 Å². The van der Waals surface area contributed by atoms with Crippen LogP contribution in [0.2, 0.25) is 10.0 Å². The predicted molar refractivity (Wildman–Crippen MR) is 116 cm³/mol. The van der Waals surface area contributed by atoms with E-state index in [1.54, 1.807) is 18.2 Å². The van der Waals surface area contributed by atoms with E-state index >= 15 is 0 Å². The van der Waals surface area contributed by atoms with E-state index in [0.717, 1.165) is 21.6 Å². The van der Waals surface area contributed by atoms with Crippen LogP contribution in [0.15, 0.2) is 91.0 Å². The monoisotopic (exact) mass is 409 g/mol. The molecule has 4 aromatic rings. The lowest BCUT2D eigenvalue weighted by Crippen LogP contribution is -2.07. The van der Waals surface area contributed by atoms with E-state index in [4.69, 9.17) is 23.2 Å². The maximum absolute atomic E-state index is 13.9. The molecule has 0 aliphatic rings. The van der Waals surface area contributed by atoms with E-state index in [1.165, 1.54) is 0 Å². The van der Waals surface area contributed by atoms with Gasteiger partial charge in [-0.3, -0.25) is 0 Å². The van der Waals surface area contributed by atoms with Gasteiger partial charge < -0.3 is 0 Å². The Morgan fingerprint density at radius 3 is 2.00 bits per heavy atom. The Labute approximate surface area is 169 Å². The average Bonchev–Trinajstić information content (AvgIpc) is 2.70. The molecular formula is C23H16Cl2OP+. The topological polar surface area (TPSA) is 17.1 Å². The fourth-order valence-corrected chi connectivity index (χ4v) is 6.04. The van der Waals surface area contributed by atoms with Crippen LogP contribution >= 0.6 is 31.0 Å². The molecule has 2 unspecified atom stereocenters. The molecule has 0 saturated carbocycles. The summed E-state index contributed by atoms with van der Waals surface area (Å²) in [5.41, 5.74) is 1.22. The fourth-order valence-electron chi connectivity index (χ4n) is 3.37. The number of hydrogen-bond donors (Lipinski definition) is 0. The Morgan fingerprint density at radius 2 is 1.26 bits per heavy atom. The highest BCUT2D eigenvalue weighted by molar-refractivity contribution is 7.54. The van der Waals surface area contributed by atoms with E-state index in [1.807, 2.05) is 72.8 Å². The smallest absolute Gasteiger partial charge is 0.0838 e. The zero-order chi connectivity index (χ0) is 18.8. The van der Waals surface area contributed by atoms with Crippen LogP contribution in [0.1, 0.15) is 16.8 Å². The van der Waals surface area contributed by atoms with Gasteiger partial charge in [0.05, 0.1) is 10.0 Å². The molecule has 0 bridgehead atoms. The first kappa shape index (κ1) is 18.2. The summed E-state index contributed by atoms with van der Waals surface area (Å²) in [6.45, 7) is 0. The van der Waals surface area contributed by atoms with Crippen molar-refractivity contribution in [3.8, 4) is 0 Å². The largest absolute Gasteiger partial charge is 0.390 e. The zero-order valence-electron chi connectivity index (χ0n) is 14.3. The van der Waals surface area contributed by atoms with Gasteiger partial charge in [-0.25, -0.2) is 0 Å². The van der Waals surface area contributed by atoms with Gasteiger partial charge in [-0.1, -0.05) is 94.5 Å². The minimum atomic E-state index is -1.84. The Hall–Kier alpha value is -2.18. The van der Waals surface area contributed by atoms with E-state index in [-0.39, 0.29) is 0 Å². The number of benzene rings is 4. The first-order chi connectivity index (χ1) is 13.2. The predicted octanol–water partition coefficient (Wildman–Crippen LogP) is 7.39. The summed E-state index contributed by atoms with van der Waals surface area (Å²) < 4.78 is 13.9. The molecule has 4 rings (SSSR count). The van der Waals surface area contributed by atoms with Gasteiger partial charge in [-0.15, -0.1) is 0 Å². The van der Waals surface area contributed by atoms with Crippen LogP contribution in [0.5, 0.6) is 0 Å². The third-order valence-electron chi connectivity index (χ3n) is 4.63. The molecule has 2 atom stereocenters. The molecule has 0 aliphatic carbocycles. The van der Waals surface area contributed by atoms with E-state index in [0.29, 0.717) is 15.6 Å². The lowest BCUT2D eigenvalue weighted by molar-refractivity contribution is 0.589. The normalized spacial score (nSPS) is 12.7. The van der Waals surface area contributed by atoms with Crippen molar-refractivity contribution in [2.75, 3.05) is 0 Å². The fraction of sp³-hybridized carbons (Fsp3) is 0.0435. The van der Waals surface area contributed by atoms with Crippen molar-refractivity contribution >= 4 is 47.1 Å². The van der Waals surface area contributed by atoms with Gasteiger partial charge in [0.15, 0.2) is 5.30 Å². The summed E-state index contributed by atoms with van der Waals surface area (Å²) >= 11 is 13.0. The Morgan fingerprint density at radius 1 is 0.667 bits per heavy atom. The van der Waals surface area contributed by atoms with Crippen molar-refractivity contribution in [1.82, 2.24) is 0 Å². The molecule has 0 N–H and O–H groups in total. The highest BCUT2D eigenvalue weighted by Crippen LogP contribution is 2.50. The van der Waals surface area contributed by atoms with Crippen molar-refractivity contribution in [3.05, 3.63) is 112 Å². The van der Waals surface area contributed by atoms with Gasteiger partial charge in [0, 0.05) is 16.5 Å². The van der Waals surface area contributed by atoms with Crippen molar-refractivity contribution in [1.29, 1.82) is 0 Å². The van der Waals surface area contributed by atoms with Gasteiger partial charge in [0.1, 0.15) is 0 Å². The Bertz CT molecular complexity index is 1100. The minimum Gasteiger partial charge on any atom is -0.0838 e. The van der Waals surface area contributed by atoms with Gasteiger partial charge in [0.25, 0.3) is 0 Å². The molecule has 0 heterocycles.